The van der Waals surface area contributed by atoms with Gasteiger partial charge in [0.1, 0.15) is 10.9 Å². The minimum atomic E-state index is -0.456. The van der Waals surface area contributed by atoms with Crippen LogP contribution >= 0.6 is 34.2 Å². The highest BCUT2D eigenvalue weighted by atomic mass is 127. The van der Waals surface area contributed by atoms with Crippen molar-refractivity contribution in [2.24, 2.45) is 0 Å². The number of amides is 1. The molecule has 0 spiro atoms. The quantitative estimate of drug-likeness (QED) is 0.792. The maximum atomic E-state index is 11.9. The molecule has 1 aromatic carbocycles. The molecule has 1 aromatic heterocycles. The molecule has 7 heteroatoms. The van der Waals surface area contributed by atoms with E-state index in [4.69, 9.17) is 11.6 Å². The van der Waals surface area contributed by atoms with Gasteiger partial charge in [-0.3, -0.25) is 4.79 Å². The number of carbonyl (C=O) groups is 1. The smallest absolute Gasteiger partial charge is 0.260 e. The fraction of sp³-hybridized carbons (Fsp3) is 0. The summed E-state index contributed by atoms with van der Waals surface area (Å²) in [7, 11) is 0. The Morgan fingerprint density at radius 3 is 2.78 bits per heavy atom. The summed E-state index contributed by atoms with van der Waals surface area (Å²) in [5.74, 6) is -0.278. The van der Waals surface area contributed by atoms with E-state index < -0.39 is 5.91 Å². The molecule has 2 aromatic rings. The van der Waals surface area contributed by atoms with Crippen LogP contribution in [0.5, 0.6) is 5.75 Å². The molecule has 0 unspecified atom stereocenters. The summed E-state index contributed by atoms with van der Waals surface area (Å²) in [6, 6.07) is 4.74. The molecule has 0 bridgehead atoms. The lowest BCUT2D eigenvalue weighted by Gasteiger charge is -2.06. The molecule has 0 aliphatic heterocycles. The van der Waals surface area contributed by atoms with Crippen molar-refractivity contribution in [2.45, 2.75) is 0 Å². The fourth-order valence-electron chi connectivity index (χ4n) is 1.25. The second-order valence-corrected chi connectivity index (χ2v) is 4.97. The van der Waals surface area contributed by atoms with Crippen LogP contribution in [0.4, 0.5) is 5.82 Å². The van der Waals surface area contributed by atoms with Gasteiger partial charge in [0.05, 0.1) is 18.0 Å². The van der Waals surface area contributed by atoms with Crippen molar-refractivity contribution in [3.05, 3.63) is 44.9 Å². The Morgan fingerprint density at radius 2 is 2.11 bits per heavy atom. The number of anilines is 1. The first-order chi connectivity index (χ1) is 8.56. The van der Waals surface area contributed by atoms with Gasteiger partial charge in [-0.2, -0.15) is 0 Å². The molecular weight excluding hydrogens is 368 g/mol. The van der Waals surface area contributed by atoms with Gasteiger partial charge in [-0.25, -0.2) is 9.97 Å². The molecule has 1 amide bonds. The summed E-state index contributed by atoms with van der Waals surface area (Å²) in [5.41, 5.74) is 0.179. The maximum Gasteiger partial charge on any atom is 0.260 e. The third kappa shape index (κ3) is 3.08. The third-order valence-corrected chi connectivity index (χ3v) is 2.93. The molecule has 1 heterocycles. The van der Waals surface area contributed by atoms with E-state index in [-0.39, 0.29) is 22.3 Å². The van der Waals surface area contributed by atoms with Crippen molar-refractivity contribution in [3.63, 3.8) is 0 Å². The molecule has 0 aliphatic carbocycles. The van der Waals surface area contributed by atoms with Gasteiger partial charge >= 0.3 is 0 Å². The van der Waals surface area contributed by atoms with Crippen molar-refractivity contribution < 1.29 is 9.90 Å². The molecule has 92 valence electrons. The first kappa shape index (κ1) is 13.0. The van der Waals surface area contributed by atoms with Gasteiger partial charge in [0.2, 0.25) is 0 Å². The number of nitrogens with zero attached hydrogens (tertiary/aromatic N) is 2. The molecule has 0 fully saturated rings. The summed E-state index contributed by atoms with van der Waals surface area (Å²) < 4.78 is 0.845. The summed E-state index contributed by atoms with van der Waals surface area (Å²) in [4.78, 5) is 19.6. The van der Waals surface area contributed by atoms with Gasteiger partial charge in [0, 0.05) is 3.57 Å². The molecule has 0 atom stereocenters. The maximum absolute atomic E-state index is 11.9. The number of rotatable bonds is 2. The lowest BCUT2D eigenvalue weighted by atomic mass is 10.2. The van der Waals surface area contributed by atoms with Crippen LogP contribution in [-0.2, 0) is 0 Å². The highest BCUT2D eigenvalue weighted by molar-refractivity contribution is 14.1. The Kier molecular flexibility index (Phi) is 3.97. The van der Waals surface area contributed by atoms with Gasteiger partial charge in [-0.15, -0.1) is 0 Å². The largest absolute Gasteiger partial charge is 0.507 e. The van der Waals surface area contributed by atoms with Crippen molar-refractivity contribution in [1.82, 2.24) is 9.97 Å². The number of hydrogen-bond acceptors (Lipinski definition) is 4. The fourth-order valence-corrected chi connectivity index (χ4v) is 1.84. The van der Waals surface area contributed by atoms with Gasteiger partial charge in [-0.05, 0) is 40.8 Å². The number of carbonyl (C=O) groups excluding carboxylic acids is 1. The standard InChI is InChI=1S/C11H7ClIN3O2/c12-9-4-15-10(5-14-9)16-11(18)7-3-6(13)1-2-8(7)17/h1-5,17H,(H,15,16,18). The molecule has 2 N–H and O–H groups in total. The predicted octanol–water partition coefficient (Wildman–Crippen LogP) is 2.69. The zero-order chi connectivity index (χ0) is 13.1. The number of benzene rings is 1. The molecule has 0 saturated heterocycles. The second kappa shape index (κ2) is 5.49. The average molecular weight is 376 g/mol. The molecule has 0 aliphatic rings. The van der Waals surface area contributed by atoms with Crippen LogP contribution in [0.25, 0.3) is 0 Å². The Balaban J connectivity index is 2.21. The molecule has 18 heavy (non-hydrogen) atoms. The van der Waals surface area contributed by atoms with E-state index in [1.807, 2.05) is 0 Å². The topological polar surface area (TPSA) is 75.1 Å². The number of hydrogen-bond donors (Lipinski definition) is 2. The van der Waals surface area contributed by atoms with Crippen molar-refractivity contribution in [1.29, 1.82) is 0 Å². The van der Waals surface area contributed by atoms with Crippen LogP contribution < -0.4 is 5.32 Å². The van der Waals surface area contributed by atoms with Crippen LogP contribution in [0.2, 0.25) is 5.15 Å². The lowest BCUT2D eigenvalue weighted by Crippen LogP contribution is -2.13. The van der Waals surface area contributed by atoms with E-state index in [0.29, 0.717) is 0 Å². The summed E-state index contributed by atoms with van der Waals surface area (Å²) in [5, 5.41) is 12.4. The van der Waals surface area contributed by atoms with Gasteiger partial charge in [0.15, 0.2) is 5.82 Å². The number of nitrogens with one attached hydrogen (secondary N) is 1. The minimum absolute atomic E-state index is 0.0881. The Bertz CT molecular complexity index is 589. The SMILES string of the molecule is O=C(Nc1cnc(Cl)cn1)c1cc(I)ccc1O. The predicted molar refractivity (Wildman–Crippen MR) is 75.8 cm³/mol. The van der Waals surface area contributed by atoms with Crippen LogP contribution in [0, 0.1) is 3.57 Å². The molecular formula is C11H7ClIN3O2. The number of aromatic nitrogens is 2. The number of phenols is 1. The van der Waals surface area contributed by atoms with E-state index in [1.54, 1.807) is 12.1 Å². The summed E-state index contributed by atoms with van der Waals surface area (Å²) in [6.45, 7) is 0. The molecule has 0 radical (unpaired) electrons. The van der Waals surface area contributed by atoms with E-state index in [0.717, 1.165) is 3.57 Å². The Morgan fingerprint density at radius 1 is 1.33 bits per heavy atom. The van der Waals surface area contributed by atoms with Crippen LogP contribution in [0.3, 0.4) is 0 Å². The summed E-state index contributed by atoms with van der Waals surface area (Å²) >= 11 is 7.64. The number of aromatic hydroxyl groups is 1. The molecule has 0 saturated carbocycles. The minimum Gasteiger partial charge on any atom is -0.507 e. The Hall–Kier alpha value is -1.41. The van der Waals surface area contributed by atoms with E-state index >= 15 is 0 Å². The zero-order valence-electron chi connectivity index (χ0n) is 8.89. The normalized spacial score (nSPS) is 10.1. The van der Waals surface area contributed by atoms with Crippen LogP contribution in [0.15, 0.2) is 30.6 Å². The lowest BCUT2D eigenvalue weighted by molar-refractivity contribution is 0.102. The first-order valence-corrected chi connectivity index (χ1v) is 6.29. The third-order valence-electron chi connectivity index (χ3n) is 2.07. The number of phenolic OH excluding ortho intramolecular Hbond substituents is 1. The van der Waals surface area contributed by atoms with Gasteiger partial charge < -0.3 is 10.4 Å². The van der Waals surface area contributed by atoms with E-state index in [2.05, 4.69) is 37.9 Å². The van der Waals surface area contributed by atoms with Crippen LogP contribution in [-0.4, -0.2) is 21.0 Å². The summed E-state index contributed by atoms with van der Waals surface area (Å²) in [6.07, 6.45) is 2.66. The average Bonchev–Trinajstić information content (AvgIpc) is 2.35. The zero-order valence-corrected chi connectivity index (χ0v) is 11.8. The van der Waals surface area contributed by atoms with E-state index in [1.165, 1.54) is 18.5 Å². The van der Waals surface area contributed by atoms with Crippen molar-refractivity contribution in [2.75, 3.05) is 5.32 Å². The van der Waals surface area contributed by atoms with Crippen LogP contribution in [0.1, 0.15) is 10.4 Å². The van der Waals surface area contributed by atoms with Gasteiger partial charge in [-0.1, -0.05) is 11.6 Å². The Labute approximate surface area is 121 Å². The highest BCUT2D eigenvalue weighted by Gasteiger charge is 2.12. The van der Waals surface area contributed by atoms with E-state index in [9.17, 15) is 9.90 Å². The second-order valence-electron chi connectivity index (χ2n) is 3.34. The van der Waals surface area contributed by atoms with Crippen molar-refractivity contribution >= 4 is 45.9 Å². The first-order valence-electron chi connectivity index (χ1n) is 4.83. The molecule has 5 nitrogen and oxygen atoms in total. The highest BCUT2D eigenvalue weighted by Crippen LogP contribution is 2.20. The monoisotopic (exact) mass is 375 g/mol. The number of halogens is 2. The van der Waals surface area contributed by atoms with Gasteiger partial charge in [0.25, 0.3) is 5.91 Å². The molecule has 2 rings (SSSR count). The van der Waals surface area contributed by atoms with Crippen molar-refractivity contribution in [3.8, 4) is 5.75 Å².